The molecule has 6 heteroatoms. The highest BCUT2D eigenvalue weighted by Gasteiger charge is 2.34. The van der Waals surface area contributed by atoms with Crippen LogP contribution in [-0.2, 0) is 21.2 Å². The van der Waals surface area contributed by atoms with Crippen molar-refractivity contribution in [2.24, 2.45) is 0 Å². The Kier molecular flexibility index (Phi) is 6.65. The van der Waals surface area contributed by atoms with E-state index >= 15 is 0 Å². The second-order valence-electron chi connectivity index (χ2n) is 7.69. The number of hydrogen-bond donors (Lipinski definition) is 1. The number of hydrogen-bond acceptors (Lipinski definition) is 4. The van der Waals surface area contributed by atoms with Crippen molar-refractivity contribution in [3.63, 3.8) is 0 Å². The number of benzene rings is 1. The molecular weight excluding hydrogens is 336 g/mol. The van der Waals surface area contributed by atoms with Crippen LogP contribution in [0.1, 0.15) is 46.6 Å². The molecule has 1 aliphatic heterocycles. The predicted octanol–water partition coefficient (Wildman–Crippen LogP) is 2.81. The van der Waals surface area contributed by atoms with Crippen LogP contribution in [-0.4, -0.2) is 50.7 Å². The minimum atomic E-state index is -3.50. The molecule has 0 spiro atoms. The van der Waals surface area contributed by atoms with Gasteiger partial charge in [0.05, 0.1) is 17.1 Å². The molecule has 0 bridgehead atoms. The molecule has 1 aliphatic rings. The van der Waals surface area contributed by atoms with E-state index in [2.05, 4.69) is 44.2 Å². The monoisotopic (exact) mass is 368 g/mol. The van der Waals surface area contributed by atoms with Crippen LogP contribution in [0.4, 0.5) is 0 Å². The minimum Gasteiger partial charge on any atom is -0.373 e. The van der Waals surface area contributed by atoms with Gasteiger partial charge in [-0.1, -0.05) is 25.5 Å². The zero-order chi connectivity index (χ0) is 18.7. The van der Waals surface area contributed by atoms with E-state index in [9.17, 15) is 8.42 Å². The van der Waals surface area contributed by atoms with Gasteiger partial charge in [-0.3, -0.25) is 4.90 Å². The standard InChI is InChI=1S/C19H32N2O3S/c1-6-7-17-8-10-18(11-9-17)25(22,23)20-14-19(4,5)21-12-15(2)24-16(3)13-21/h8-11,15-16,20H,6-7,12-14H2,1-5H3. The number of aryl methyl sites for hydroxylation is 1. The van der Waals surface area contributed by atoms with Crippen molar-refractivity contribution in [2.45, 2.75) is 70.1 Å². The van der Waals surface area contributed by atoms with Gasteiger partial charge >= 0.3 is 0 Å². The zero-order valence-corrected chi connectivity index (χ0v) is 16.9. The first-order chi connectivity index (χ1) is 11.6. The summed E-state index contributed by atoms with van der Waals surface area (Å²) in [5.74, 6) is 0. The molecule has 1 N–H and O–H groups in total. The Balaban J connectivity index is 2.02. The highest BCUT2D eigenvalue weighted by atomic mass is 32.2. The average molecular weight is 369 g/mol. The van der Waals surface area contributed by atoms with E-state index in [-0.39, 0.29) is 17.7 Å². The van der Waals surface area contributed by atoms with E-state index in [1.54, 1.807) is 12.1 Å². The van der Waals surface area contributed by atoms with Gasteiger partial charge in [-0.25, -0.2) is 13.1 Å². The van der Waals surface area contributed by atoms with Crippen molar-refractivity contribution in [3.8, 4) is 0 Å². The number of ether oxygens (including phenoxy) is 1. The lowest BCUT2D eigenvalue weighted by molar-refractivity contribution is -0.0945. The van der Waals surface area contributed by atoms with Crippen LogP contribution < -0.4 is 4.72 Å². The van der Waals surface area contributed by atoms with Crippen LogP contribution in [0.5, 0.6) is 0 Å². The SMILES string of the molecule is CCCc1ccc(S(=O)(=O)NCC(C)(C)N2CC(C)OC(C)C2)cc1. The second-order valence-corrected chi connectivity index (χ2v) is 9.46. The number of morpholine rings is 1. The summed E-state index contributed by atoms with van der Waals surface area (Å²) in [6.45, 7) is 12.4. The summed E-state index contributed by atoms with van der Waals surface area (Å²) in [6, 6.07) is 7.18. The summed E-state index contributed by atoms with van der Waals surface area (Å²) in [6.07, 6.45) is 2.33. The number of rotatable bonds is 7. The zero-order valence-electron chi connectivity index (χ0n) is 16.1. The molecule has 1 heterocycles. The molecule has 142 valence electrons. The molecule has 0 aromatic heterocycles. The average Bonchev–Trinajstić information content (AvgIpc) is 2.53. The Morgan fingerprint density at radius 1 is 1.16 bits per heavy atom. The van der Waals surface area contributed by atoms with Crippen molar-refractivity contribution in [1.82, 2.24) is 9.62 Å². The van der Waals surface area contributed by atoms with E-state index in [0.717, 1.165) is 31.5 Å². The lowest BCUT2D eigenvalue weighted by Crippen LogP contribution is -2.58. The Morgan fingerprint density at radius 2 is 1.72 bits per heavy atom. The van der Waals surface area contributed by atoms with E-state index in [1.807, 2.05) is 12.1 Å². The minimum absolute atomic E-state index is 0.158. The third kappa shape index (κ3) is 5.51. The summed E-state index contributed by atoms with van der Waals surface area (Å²) in [5, 5.41) is 0. The van der Waals surface area contributed by atoms with Crippen LogP contribution >= 0.6 is 0 Å². The normalized spacial score (nSPS) is 22.9. The maximum Gasteiger partial charge on any atom is 0.240 e. The van der Waals surface area contributed by atoms with Crippen molar-refractivity contribution >= 4 is 10.0 Å². The van der Waals surface area contributed by atoms with Gasteiger partial charge in [0.15, 0.2) is 0 Å². The molecule has 1 saturated heterocycles. The Labute approximate surface area is 152 Å². The topological polar surface area (TPSA) is 58.6 Å². The van der Waals surface area contributed by atoms with Gasteiger partial charge in [0.1, 0.15) is 0 Å². The summed E-state index contributed by atoms with van der Waals surface area (Å²) >= 11 is 0. The molecular formula is C19H32N2O3S. The van der Waals surface area contributed by atoms with Crippen LogP contribution in [0, 0.1) is 0 Å². The van der Waals surface area contributed by atoms with E-state index < -0.39 is 10.0 Å². The molecule has 5 nitrogen and oxygen atoms in total. The van der Waals surface area contributed by atoms with Crippen molar-refractivity contribution < 1.29 is 13.2 Å². The molecule has 0 aliphatic carbocycles. The van der Waals surface area contributed by atoms with Crippen LogP contribution in [0.15, 0.2) is 29.2 Å². The molecule has 1 aromatic carbocycles. The van der Waals surface area contributed by atoms with Crippen molar-refractivity contribution in [1.29, 1.82) is 0 Å². The number of nitrogens with one attached hydrogen (secondary N) is 1. The molecule has 2 atom stereocenters. The Morgan fingerprint density at radius 3 is 2.24 bits per heavy atom. The third-order valence-corrected chi connectivity index (χ3v) is 6.16. The van der Waals surface area contributed by atoms with Crippen LogP contribution in [0.25, 0.3) is 0 Å². The highest BCUT2D eigenvalue weighted by molar-refractivity contribution is 7.89. The summed E-state index contributed by atoms with van der Waals surface area (Å²) in [5.41, 5.74) is 0.889. The number of sulfonamides is 1. The number of nitrogens with zero attached hydrogens (tertiary/aromatic N) is 1. The van der Waals surface area contributed by atoms with Crippen molar-refractivity contribution in [3.05, 3.63) is 29.8 Å². The van der Waals surface area contributed by atoms with Gasteiger partial charge in [0.25, 0.3) is 0 Å². The first-order valence-electron chi connectivity index (χ1n) is 9.13. The fraction of sp³-hybridized carbons (Fsp3) is 0.684. The maximum absolute atomic E-state index is 12.6. The van der Waals surface area contributed by atoms with E-state index in [4.69, 9.17) is 4.74 Å². The van der Waals surface area contributed by atoms with Crippen LogP contribution in [0.2, 0.25) is 0 Å². The van der Waals surface area contributed by atoms with E-state index in [0.29, 0.717) is 11.4 Å². The first kappa shape index (κ1) is 20.4. The fourth-order valence-corrected chi connectivity index (χ4v) is 4.47. The summed E-state index contributed by atoms with van der Waals surface area (Å²) in [7, 11) is -3.50. The fourth-order valence-electron chi connectivity index (χ4n) is 3.26. The third-order valence-electron chi connectivity index (χ3n) is 4.74. The predicted molar refractivity (Wildman–Crippen MR) is 101 cm³/mol. The summed E-state index contributed by atoms with van der Waals surface area (Å²) < 4.78 is 33.8. The largest absolute Gasteiger partial charge is 0.373 e. The molecule has 1 fully saturated rings. The highest BCUT2D eigenvalue weighted by Crippen LogP contribution is 2.21. The molecule has 0 radical (unpaired) electrons. The summed E-state index contributed by atoms with van der Waals surface area (Å²) in [4.78, 5) is 2.63. The molecule has 2 rings (SSSR count). The van der Waals surface area contributed by atoms with E-state index in [1.165, 1.54) is 0 Å². The Bertz CT molecular complexity index is 646. The van der Waals surface area contributed by atoms with Gasteiger partial charge in [0.2, 0.25) is 10.0 Å². The second kappa shape index (κ2) is 8.16. The van der Waals surface area contributed by atoms with Gasteiger partial charge in [-0.05, 0) is 51.8 Å². The van der Waals surface area contributed by atoms with Crippen LogP contribution in [0.3, 0.4) is 0 Å². The van der Waals surface area contributed by atoms with Gasteiger partial charge < -0.3 is 4.74 Å². The maximum atomic E-state index is 12.6. The molecule has 1 aromatic rings. The van der Waals surface area contributed by atoms with Gasteiger partial charge in [-0.15, -0.1) is 0 Å². The van der Waals surface area contributed by atoms with Crippen molar-refractivity contribution in [2.75, 3.05) is 19.6 Å². The molecule has 2 unspecified atom stereocenters. The molecule has 0 saturated carbocycles. The van der Waals surface area contributed by atoms with Gasteiger partial charge in [-0.2, -0.15) is 0 Å². The quantitative estimate of drug-likeness (QED) is 0.804. The smallest absolute Gasteiger partial charge is 0.240 e. The Hall–Kier alpha value is -0.950. The van der Waals surface area contributed by atoms with Gasteiger partial charge in [0, 0.05) is 25.2 Å². The molecule has 25 heavy (non-hydrogen) atoms. The first-order valence-corrected chi connectivity index (χ1v) is 10.6. The lowest BCUT2D eigenvalue weighted by atomic mass is 10.0. The lowest BCUT2D eigenvalue weighted by Gasteiger charge is -2.45. The molecule has 0 amide bonds.